The summed E-state index contributed by atoms with van der Waals surface area (Å²) in [5.41, 5.74) is -0.359. The molecule has 5 heteroatoms. The second-order valence-electron chi connectivity index (χ2n) is 7.74. The molecule has 0 atom stereocenters. The Kier molecular flexibility index (Phi) is 6.45. The third-order valence-electron chi connectivity index (χ3n) is 4.59. The SMILES string of the molecule is CN(CCOc1ccccc1)C(=O)C1CCN(C(=O)C(C)(C)C)CC1. The lowest BCUT2D eigenvalue weighted by Gasteiger charge is -2.36. The fraction of sp³-hybridized carbons (Fsp3) is 0.600. The summed E-state index contributed by atoms with van der Waals surface area (Å²) in [5, 5.41) is 0. The number of amides is 2. The Hall–Kier alpha value is -2.04. The number of carbonyl (C=O) groups is 2. The molecule has 0 radical (unpaired) electrons. The van der Waals surface area contributed by atoms with E-state index in [4.69, 9.17) is 4.74 Å². The zero-order valence-corrected chi connectivity index (χ0v) is 15.8. The van der Waals surface area contributed by atoms with E-state index in [0.29, 0.717) is 26.2 Å². The van der Waals surface area contributed by atoms with Crippen LogP contribution in [0.15, 0.2) is 30.3 Å². The molecule has 0 N–H and O–H groups in total. The number of hydrogen-bond donors (Lipinski definition) is 0. The highest BCUT2D eigenvalue weighted by atomic mass is 16.5. The van der Waals surface area contributed by atoms with Gasteiger partial charge in [0.1, 0.15) is 12.4 Å². The lowest BCUT2D eigenvalue weighted by Crippen LogP contribution is -2.47. The van der Waals surface area contributed by atoms with Crippen LogP contribution in [0.3, 0.4) is 0 Å². The van der Waals surface area contributed by atoms with Crippen LogP contribution in [-0.4, -0.2) is 54.9 Å². The van der Waals surface area contributed by atoms with Crippen LogP contribution in [0.4, 0.5) is 0 Å². The van der Waals surface area contributed by atoms with Crippen molar-refractivity contribution in [3.8, 4) is 5.75 Å². The number of carbonyl (C=O) groups excluding carboxylic acids is 2. The summed E-state index contributed by atoms with van der Waals surface area (Å²) < 4.78 is 5.65. The van der Waals surface area contributed by atoms with Crippen LogP contribution in [0.5, 0.6) is 5.75 Å². The molecule has 1 aromatic carbocycles. The van der Waals surface area contributed by atoms with E-state index in [2.05, 4.69) is 0 Å². The largest absolute Gasteiger partial charge is 0.492 e. The molecule has 1 saturated heterocycles. The predicted octanol–water partition coefficient (Wildman–Crippen LogP) is 2.81. The Balaban J connectivity index is 1.75. The van der Waals surface area contributed by atoms with Crippen molar-refractivity contribution in [2.45, 2.75) is 33.6 Å². The molecule has 0 unspecified atom stereocenters. The van der Waals surface area contributed by atoms with E-state index >= 15 is 0 Å². The van der Waals surface area contributed by atoms with E-state index in [-0.39, 0.29) is 23.1 Å². The summed E-state index contributed by atoms with van der Waals surface area (Å²) in [6.45, 7) is 8.19. The molecule has 2 rings (SSSR count). The van der Waals surface area contributed by atoms with Gasteiger partial charge in [-0.2, -0.15) is 0 Å². The molecule has 1 fully saturated rings. The highest BCUT2D eigenvalue weighted by Gasteiger charge is 2.33. The third kappa shape index (κ3) is 5.48. The van der Waals surface area contributed by atoms with E-state index in [0.717, 1.165) is 18.6 Å². The minimum atomic E-state index is -0.359. The maximum atomic E-state index is 12.6. The number of ether oxygens (including phenoxy) is 1. The number of para-hydroxylation sites is 1. The first-order chi connectivity index (χ1) is 11.8. The lowest BCUT2D eigenvalue weighted by atomic mass is 9.90. The summed E-state index contributed by atoms with van der Waals surface area (Å²) in [5.74, 6) is 1.14. The van der Waals surface area contributed by atoms with E-state index in [1.54, 1.807) is 4.90 Å². The molecule has 0 aromatic heterocycles. The van der Waals surface area contributed by atoms with Gasteiger partial charge in [0.2, 0.25) is 11.8 Å². The maximum absolute atomic E-state index is 12.6. The summed E-state index contributed by atoms with van der Waals surface area (Å²) in [6.07, 6.45) is 1.48. The van der Waals surface area contributed by atoms with Crippen molar-refractivity contribution in [1.82, 2.24) is 9.80 Å². The average Bonchev–Trinajstić information content (AvgIpc) is 2.60. The topological polar surface area (TPSA) is 49.9 Å². The first-order valence-corrected chi connectivity index (χ1v) is 9.01. The molecule has 25 heavy (non-hydrogen) atoms. The first-order valence-electron chi connectivity index (χ1n) is 9.01. The van der Waals surface area contributed by atoms with Crippen LogP contribution in [-0.2, 0) is 9.59 Å². The van der Waals surface area contributed by atoms with Crippen LogP contribution < -0.4 is 4.74 Å². The van der Waals surface area contributed by atoms with Crippen LogP contribution >= 0.6 is 0 Å². The Bertz CT molecular complexity index is 572. The van der Waals surface area contributed by atoms with E-state index in [1.807, 2.05) is 63.1 Å². The van der Waals surface area contributed by atoms with Gasteiger partial charge in [0.05, 0.1) is 6.54 Å². The number of hydrogen-bond acceptors (Lipinski definition) is 3. The number of rotatable bonds is 5. The molecule has 2 amide bonds. The quantitative estimate of drug-likeness (QED) is 0.824. The van der Waals surface area contributed by atoms with E-state index in [9.17, 15) is 9.59 Å². The van der Waals surface area contributed by atoms with Gasteiger partial charge in [0, 0.05) is 31.5 Å². The fourth-order valence-corrected chi connectivity index (χ4v) is 3.04. The summed E-state index contributed by atoms with van der Waals surface area (Å²) in [6, 6.07) is 9.61. The number of likely N-dealkylation sites (N-methyl/N-ethyl adjacent to an activating group) is 1. The molecule has 0 bridgehead atoms. The van der Waals surface area contributed by atoms with Crippen LogP contribution in [0.1, 0.15) is 33.6 Å². The number of piperidine rings is 1. The van der Waals surface area contributed by atoms with Crippen molar-refractivity contribution in [2.75, 3.05) is 33.3 Å². The molecule has 0 aliphatic carbocycles. The minimum absolute atomic E-state index is 0.00532. The van der Waals surface area contributed by atoms with Crippen LogP contribution in [0.25, 0.3) is 0 Å². The van der Waals surface area contributed by atoms with Crippen molar-refractivity contribution in [2.24, 2.45) is 11.3 Å². The average molecular weight is 346 g/mol. The number of nitrogens with zero attached hydrogens (tertiary/aromatic N) is 2. The second kappa shape index (κ2) is 8.37. The van der Waals surface area contributed by atoms with Gasteiger partial charge in [-0.3, -0.25) is 9.59 Å². The molecular weight excluding hydrogens is 316 g/mol. The Morgan fingerprint density at radius 2 is 1.76 bits per heavy atom. The molecule has 1 aliphatic rings. The fourth-order valence-electron chi connectivity index (χ4n) is 3.04. The van der Waals surface area contributed by atoms with Crippen LogP contribution in [0.2, 0.25) is 0 Å². The van der Waals surface area contributed by atoms with Gasteiger partial charge in [-0.1, -0.05) is 39.0 Å². The van der Waals surface area contributed by atoms with Gasteiger partial charge >= 0.3 is 0 Å². The summed E-state index contributed by atoms with van der Waals surface area (Å²) in [4.78, 5) is 28.5. The third-order valence-corrected chi connectivity index (χ3v) is 4.59. The molecule has 1 heterocycles. The molecule has 5 nitrogen and oxygen atoms in total. The highest BCUT2D eigenvalue weighted by molar-refractivity contribution is 5.82. The molecule has 138 valence electrons. The zero-order chi connectivity index (χ0) is 18.4. The normalized spacial score (nSPS) is 15.8. The summed E-state index contributed by atoms with van der Waals surface area (Å²) >= 11 is 0. The Morgan fingerprint density at radius 3 is 2.32 bits per heavy atom. The molecular formula is C20H30N2O3. The lowest BCUT2D eigenvalue weighted by molar-refractivity contribution is -0.144. The van der Waals surface area contributed by atoms with Gasteiger partial charge in [0.15, 0.2) is 0 Å². The minimum Gasteiger partial charge on any atom is -0.492 e. The number of benzene rings is 1. The standard InChI is InChI=1S/C20H30N2O3/c1-20(2,3)19(24)22-12-10-16(11-13-22)18(23)21(4)14-15-25-17-8-6-5-7-9-17/h5-9,16H,10-15H2,1-4H3. The van der Waals surface area contributed by atoms with E-state index in [1.165, 1.54) is 0 Å². The van der Waals surface area contributed by atoms with E-state index < -0.39 is 0 Å². The van der Waals surface area contributed by atoms with Gasteiger partial charge < -0.3 is 14.5 Å². The van der Waals surface area contributed by atoms with Crippen molar-refractivity contribution in [3.05, 3.63) is 30.3 Å². The highest BCUT2D eigenvalue weighted by Crippen LogP contribution is 2.24. The Morgan fingerprint density at radius 1 is 1.16 bits per heavy atom. The first kappa shape index (κ1) is 19.3. The monoisotopic (exact) mass is 346 g/mol. The van der Waals surface area contributed by atoms with Gasteiger partial charge in [-0.05, 0) is 25.0 Å². The Labute approximate surface area is 150 Å². The van der Waals surface area contributed by atoms with Crippen molar-refractivity contribution < 1.29 is 14.3 Å². The molecule has 1 aromatic rings. The predicted molar refractivity (Wildman–Crippen MR) is 98.3 cm³/mol. The maximum Gasteiger partial charge on any atom is 0.227 e. The van der Waals surface area contributed by atoms with Crippen molar-refractivity contribution >= 4 is 11.8 Å². The van der Waals surface area contributed by atoms with Crippen molar-refractivity contribution in [1.29, 1.82) is 0 Å². The zero-order valence-electron chi connectivity index (χ0n) is 15.8. The molecule has 0 spiro atoms. The van der Waals surface area contributed by atoms with Gasteiger partial charge in [-0.15, -0.1) is 0 Å². The van der Waals surface area contributed by atoms with Crippen LogP contribution in [0, 0.1) is 11.3 Å². The van der Waals surface area contributed by atoms with Gasteiger partial charge in [-0.25, -0.2) is 0 Å². The van der Waals surface area contributed by atoms with Crippen molar-refractivity contribution in [3.63, 3.8) is 0 Å². The number of likely N-dealkylation sites (tertiary alicyclic amines) is 1. The molecule has 0 saturated carbocycles. The van der Waals surface area contributed by atoms with Gasteiger partial charge in [0.25, 0.3) is 0 Å². The summed E-state index contributed by atoms with van der Waals surface area (Å²) in [7, 11) is 1.82. The second-order valence-corrected chi connectivity index (χ2v) is 7.74. The molecule has 1 aliphatic heterocycles. The smallest absolute Gasteiger partial charge is 0.227 e.